The molecule has 3 rings (SSSR count). The van der Waals surface area contributed by atoms with Crippen molar-refractivity contribution >= 4 is 23.5 Å². The zero-order valence-corrected chi connectivity index (χ0v) is 13.3. The summed E-state index contributed by atoms with van der Waals surface area (Å²) in [5.74, 6) is -1.54. The molecule has 1 saturated heterocycles. The van der Waals surface area contributed by atoms with Crippen LogP contribution in [0.4, 0.5) is 5.69 Å². The number of rotatable bonds is 5. The summed E-state index contributed by atoms with van der Waals surface area (Å²) in [4.78, 5) is 47.6. The Hall–Kier alpha value is -3.03. The van der Waals surface area contributed by atoms with Gasteiger partial charge in [-0.2, -0.15) is 0 Å². The number of hydrogen-bond acceptors (Lipinski definition) is 6. The third kappa shape index (κ3) is 3.42. The minimum atomic E-state index is -0.609. The van der Waals surface area contributed by atoms with Crippen molar-refractivity contribution in [3.05, 3.63) is 46.5 Å². The highest BCUT2D eigenvalue weighted by Gasteiger charge is 2.46. The smallest absolute Gasteiger partial charge is 0.312 e. The number of carbonyl (C=O) groups excluding carboxylic acids is 3. The fourth-order valence-corrected chi connectivity index (χ4v) is 3.11. The number of esters is 1. The van der Waals surface area contributed by atoms with Gasteiger partial charge in [0.1, 0.15) is 5.75 Å². The summed E-state index contributed by atoms with van der Waals surface area (Å²) in [5.41, 5.74) is -0.107. The molecule has 1 fully saturated rings. The molecule has 1 aromatic carbocycles. The van der Waals surface area contributed by atoms with Crippen LogP contribution < -0.4 is 4.74 Å². The standard InChI is InChI=1S/C17H16N2O6/c20-15(25-12-7-5-11(6-8-12)19(23)24)9-10-18-16(21)13-3-1-2-4-14(13)17(18)22/h1-2,5-8,13-14H,3-4,9-10H2/t13-,14-/m1/s1. The first-order chi connectivity index (χ1) is 12.0. The molecule has 1 heterocycles. The van der Waals surface area contributed by atoms with Crippen LogP contribution in [0.1, 0.15) is 19.3 Å². The molecule has 0 N–H and O–H groups in total. The number of amides is 2. The number of fused-ring (bicyclic) bond motifs is 1. The topological polar surface area (TPSA) is 107 Å². The number of benzene rings is 1. The number of hydrogen-bond donors (Lipinski definition) is 0. The Kier molecular flexibility index (Phi) is 4.60. The van der Waals surface area contributed by atoms with Gasteiger partial charge in [0.2, 0.25) is 11.8 Å². The molecule has 8 nitrogen and oxygen atoms in total. The van der Waals surface area contributed by atoms with Crippen LogP contribution in [-0.2, 0) is 14.4 Å². The second-order valence-corrected chi connectivity index (χ2v) is 5.96. The molecular weight excluding hydrogens is 328 g/mol. The number of nitro benzene ring substituents is 1. The van der Waals surface area contributed by atoms with Crippen LogP contribution in [0.3, 0.4) is 0 Å². The maximum atomic E-state index is 12.3. The van der Waals surface area contributed by atoms with Gasteiger partial charge in [0, 0.05) is 18.7 Å². The van der Waals surface area contributed by atoms with E-state index in [-0.39, 0.29) is 48.1 Å². The number of nitrogens with zero attached hydrogens (tertiary/aromatic N) is 2. The van der Waals surface area contributed by atoms with Crippen LogP contribution >= 0.6 is 0 Å². The number of ether oxygens (including phenoxy) is 1. The lowest BCUT2D eigenvalue weighted by Crippen LogP contribution is -2.33. The molecule has 25 heavy (non-hydrogen) atoms. The molecule has 0 saturated carbocycles. The molecule has 130 valence electrons. The van der Waals surface area contributed by atoms with Crippen LogP contribution in [0.25, 0.3) is 0 Å². The summed E-state index contributed by atoms with van der Waals surface area (Å²) in [6, 6.07) is 5.10. The second kappa shape index (κ2) is 6.84. The summed E-state index contributed by atoms with van der Waals surface area (Å²) in [7, 11) is 0. The number of likely N-dealkylation sites (tertiary alicyclic amines) is 1. The second-order valence-electron chi connectivity index (χ2n) is 5.96. The van der Waals surface area contributed by atoms with Crippen LogP contribution in [0.15, 0.2) is 36.4 Å². The Morgan fingerprint density at radius 1 is 1.12 bits per heavy atom. The number of imide groups is 1. The minimum absolute atomic E-state index is 0.0174. The molecule has 2 aliphatic rings. The van der Waals surface area contributed by atoms with Gasteiger partial charge in [-0.15, -0.1) is 0 Å². The predicted molar refractivity (Wildman–Crippen MR) is 85.4 cm³/mol. The van der Waals surface area contributed by atoms with Crippen molar-refractivity contribution in [3.8, 4) is 5.75 Å². The molecule has 0 bridgehead atoms. The van der Waals surface area contributed by atoms with E-state index in [9.17, 15) is 24.5 Å². The molecule has 8 heteroatoms. The van der Waals surface area contributed by atoms with Crippen molar-refractivity contribution in [2.24, 2.45) is 11.8 Å². The van der Waals surface area contributed by atoms with Crippen molar-refractivity contribution in [2.75, 3.05) is 6.54 Å². The fourth-order valence-electron chi connectivity index (χ4n) is 3.11. The summed E-state index contributed by atoms with van der Waals surface area (Å²) < 4.78 is 5.07. The zero-order chi connectivity index (χ0) is 18.0. The van der Waals surface area contributed by atoms with Gasteiger partial charge in [0.25, 0.3) is 5.69 Å². The third-order valence-electron chi connectivity index (χ3n) is 4.42. The highest BCUT2D eigenvalue weighted by molar-refractivity contribution is 6.05. The Morgan fingerprint density at radius 3 is 2.20 bits per heavy atom. The van der Waals surface area contributed by atoms with Crippen LogP contribution in [0.5, 0.6) is 5.75 Å². The van der Waals surface area contributed by atoms with E-state index in [1.54, 1.807) is 0 Å². The Balaban J connectivity index is 1.55. The molecule has 1 aliphatic carbocycles. The summed E-state index contributed by atoms with van der Waals surface area (Å²) >= 11 is 0. The molecule has 0 unspecified atom stereocenters. The lowest BCUT2D eigenvalue weighted by molar-refractivity contribution is -0.384. The van der Waals surface area contributed by atoms with Crippen molar-refractivity contribution < 1.29 is 24.0 Å². The highest BCUT2D eigenvalue weighted by Crippen LogP contribution is 2.35. The molecular formula is C17H16N2O6. The molecule has 0 aromatic heterocycles. The molecule has 1 aromatic rings. The van der Waals surface area contributed by atoms with Gasteiger partial charge < -0.3 is 4.74 Å². The first-order valence-corrected chi connectivity index (χ1v) is 7.92. The SMILES string of the molecule is O=C(CCN1C(=O)[C@@H]2CC=CC[C@H]2C1=O)Oc1ccc([N+](=O)[O-])cc1. The first kappa shape index (κ1) is 16.8. The van der Waals surface area contributed by atoms with Crippen LogP contribution in [0.2, 0.25) is 0 Å². The van der Waals surface area contributed by atoms with Gasteiger partial charge in [-0.3, -0.25) is 29.4 Å². The van der Waals surface area contributed by atoms with Gasteiger partial charge in [0.05, 0.1) is 23.2 Å². The lowest BCUT2D eigenvalue weighted by Gasteiger charge is -2.14. The fraction of sp³-hybridized carbons (Fsp3) is 0.353. The van der Waals surface area contributed by atoms with Gasteiger partial charge in [-0.25, -0.2) is 0 Å². The number of allylic oxidation sites excluding steroid dienone is 2. The minimum Gasteiger partial charge on any atom is -0.426 e. The summed E-state index contributed by atoms with van der Waals surface area (Å²) in [5, 5.41) is 10.6. The maximum Gasteiger partial charge on any atom is 0.312 e. The summed E-state index contributed by atoms with van der Waals surface area (Å²) in [6.45, 7) is -0.0174. The predicted octanol–water partition coefficient (Wildman–Crippen LogP) is 1.84. The molecule has 0 radical (unpaired) electrons. The van der Waals surface area contributed by atoms with Crippen LogP contribution in [0, 0.1) is 22.0 Å². The van der Waals surface area contributed by atoms with Gasteiger partial charge in [0.15, 0.2) is 0 Å². The van der Waals surface area contributed by atoms with E-state index in [1.807, 2.05) is 12.2 Å². The Labute approximate surface area is 143 Å². The molecule has 2 amide bonds. The van der Waals surface area contributed by atoms with Crippen molar-refractivity contribution in [1.29, 1.82) is 0 Å². The van der Waals surface area contributed by atoms with Crippen molar-refractivity contribution in [2.45, 2.75) is 19.3 Å². The highest BCUT2D eigenvalue weighted by atomic mass is 16.6. The third-order valence-corrected chi connectivity index (χ3v) is 4.42. The number of non-ortho nitro benzene ring substituents is 1. The van der Waals surface area contributed by atoms with E-state index in [2.05, 4.69) is 0 Å². The van der Waals surface area contributed by atoms with E-state index in [1.165, 1.54) is 24.3 Å². The monoisotopic (exact) mass is 344 g/mol. The maximum absolute atomic E-state index is 12.3. The zero-order valence-electron chi connectivity index (χ0n) is 13.3. The van der Waals surface area contributed by atoms with Gasteiger partial charge >= 0.3 is 5.97 Å². The molecule has 1 aliphatic heterocycles. The first-order valence-electron chi connectivity index (χ1n) is 7.92. The van der Waals surface area contributed by atoms with Gasteiger partial charge in [-0.1, -0.05) is 12.2 Å². The Bertz CT molecular complexity index is 729. The summed E-state index contributed by atoms with van der Waals surface area (Å²) in [6.07, 6.45) is 4.79. The van der Waals surface area contributed by atoms with E-state index in [0.717, 1.165) is 4.90 Å². The number of carbonyl (C=O) groups is 3. The van der Waals surface area contributed by atoms with Crippen molar-refractivity contribution in [3.63, 3.8) is 0 Å². The van der Waals surface area contributed by atoms with Crippen LogP contribution in [-0.4, -0.2) is 34.2 Å². The van der Waals surface area contributed by atoms with Gasteiger partial charge in [-0.05, 0) is 25.0 Å². The van der Waals surface area contributed by atoms with E-state index in [4.69, 9.17) is 4.74 Å². The average molecular weight is 344 g/mol. The molecule has 0 spiro atoms. The quantitative estimate of drug-likeness (QED) is 0.201. The van der Waals surface area contributed by atoms with Crippen molar-refractivity contribution in [1.82, 2.24) is 4.90 Å². The van der Waals surface area contributed by atoms with E-state index in [0.29, 0.717) is 12.8 Å². The lowest BCUT2D eigenvalue weighted by atomic mass is 9.85. The number of nitro groups is 1. The average Bonchev–Trinajstić information content (AvgIpc) is 2.85. The Morgan fingerprint density at radius 2 is 1.68 bits per heavy atom. The molecule has 2 atom stereocenters. The largest absolute Gasteiger partial charge is 0.426 e. The normalized spacial score (nSPS) is 22.0. The van der Waals surface area contributed by atoms with E-state index < -0.39 is 10.9 Å². The van der Waals surface area contributed by atoms with E-state index >= 15 is 0 Å².